The minimum absolute atomic E-state index is 0.111. The van der Waals surface area contributed by atoms with E-state index in [4.69, 9.17) is 18.0 Å². The second kappa shape index (κ2) is 14.6. The summed E-state index contributed by atoms with van der Waals surface area (Å²) < 4.78 is 21.3. The molecule has 0 fully saturated rings. The minimum atomic E-state index is -2.38. The van der Waals surface area contributed by atoms with Gasteiger partial charge in [-0.15, -0.1) is 0 Å². The Morgan fingerprint density at radius 1 is 0.833 bits per heavy atom. The summed E-state index contributed by atoms with van der Waals surface area (Å²) in [6.07, 6.45) is 9.65. The Morgan fingerprint density at radius 2 is 1.29 bits per heavy atom. The predicted molar refractivity (Wildman–Crippen MR) is 98.9 cm³/mol. The third kappa shape index (κ3) is 11.8. The van der Waals surface area contributed by atoms with Gasteiger partial charge < -0.3 is 18.0 Å². The molecule has 24 heavy (non-hydrogen) atoms. The highest BCUT2D eigenvalue weighted by atomic mass is 28.4. The van der Waals surface area contributed by atoms with Crippen LogP contribution in [0.15, 0.2) is 12.2 Å². The summed E-state index contributed by atoms with van der Waals surface area (Å²) in [5.41, 5.74) is 0.879. The molecule has 0 saturated carbocycles. The van der Waals surface area contributed by atoms with Gasteiger partial charge in [0.15, 0.2) is 0 Å². The summed E-state index contributed by atoms with van der Waals surface area (Å²) in [4.78, 5) is 11.4. The van der Waals surface area contributed by atoms with E-state index in [1.165, 1.54) is 32.1 Å². The van der Waals surface area contributed by atoms with Gasteiger partial charge in [-0.1, -0.05) is 45.1 Å². The lowest BCUT2D eigenvalue weighted by Gasteiger charge is -2.24. The van der Waals surface area contributed by atoms with Crippen molar-refractivity contribution in [2.45, 2.75) is 70.8 Å². The summed E-state index contributed by atoms with van der Waals surface area (Å²) in [5, 5.41) is 0. The molecule has 0 radical (unpaired) electrons. The second-order valence-electron chi connectivity index (χ2n) is 6.24. The largest absolute Gasteiger partial charge is 0.500 e. The molecule has 0 aromatic carbocycles. The van der Waals surface area contributed by atoms with Crippen LogP contribution in [0.4, 0.5) is 0 Å². The van der Waals surface area contributed by atoms with Crippen molar-refractivity contribution in [3.63, 3.8) is 0 Å². The molecule has 0 aliphatic heterocycles. The third-order valence-electron chi connectivity index (χ3n) is 4.03. The molecule has 0 spiro atoms. The van der Waals surface area contributed by atoms with Gasteiger partial charge in [0.2, 0.25) is 0 Å². The van der Waals surface area contributed by atoms with Gasteiger partial charge in [0.25, 0.3) is 0 Å². The summed E-state index contributed by atoms with van der Waals surface area (Å²) in [6.45, 7) is 5.91. The van der Waals surface area contributed by atoms with Gasteiger partial charge in [-0.2, -0.15) is 0 Å². The second-order valence-corrected chi connectivity index (χ2v) is 9.33. The lowest BCUT2D eigenvalue weighted by Crippen LogP contribution is -2.42. The summed E-state index contributed by atoms with van der Waals surface area (Å²) in [6, 6.07) is 0.878. The van der Waals surface area contributed by atoms with Crippen LogP contribution in [0, 0.1) is 0 Å². The maximum Gasteiger partial charge on any atom is 0.500 e. The lowest BCUT2D eigenvalue weighted by atomic mass is 10.1. The number of esters is 1. The molecule has 0 aliphatic rings. The Labute approximate surface area is 149 Å². The molecular weight excluding hydrogens is 324 g/mol. The van der Waals surface area contributed by atoms with Crippen LogP contribution >= 0.6 is 0 Å². The molecule has 142 valence electrons. The zero-order valence-electron chi connectivity index (χ0n) is 16.0. The molecule has 0 rings (SSSR count). The van der Waals surface area contributed by atoms with E-state index >= 15 is 0 Å². The van der Waals surface area contributed by atoms with E-state index in [9.17, 15) is 4.79 Å². The SMILES string of the molecule is C=C(C)COC(=O)CCCCCCCCCC[Si](OC)(OC)OC. The monoisotopic (exact) mass is 360 g/mol. The van der Waals surface area contributed by atoms with Crippen molar-refractivity contribution in [3.8, 4) is 0 Å². The number of hydrogen-bond donors (Lipinski definition) is 0. The van der Waals surface area contributed by atoms with E-state index in [0.717, 1.165) is 30.9 Å². The molecule has 0 N–H and O–H groups in total. The van der Waals surface area contributed by atoms with Crippen molar-refractivity contribution in [1.82, 2.24) is 0 Å². The number of ether oxygens (including phenoxy) is 1. The first-order valence-corrected chi connectivity index (χ1v) is 10.9. The van der Waals surface area contributed by atoms with Gasteiger partial charge in [0.1, 0.15) is 6.61 Å². The third-order valence-corrected chi connectivity index (χ3v) is 6.86. The minimum Gasteiger partial charge on any atom is -0.461 e. The van der Waals surface area contributed by atoms with Crippen LogP contribution in [0.1, 0.15) is 64.7 Å². The summed E-state index contributed by atoms with van der Waals surface area (Å²) >= 11 is 0. The molecule has 0 heterocycles. The zero-order valence-corrected chi connectivity index (χ0v) is 17.0. The normalized spacial score (nSPS) is 11.5. The van der Waals surface area contributed by atoms with Crippen molar-refractivity contribution in [1.29, 1.82) is 0 Å². The Balaban J connectivity index is 3.43. The molecule has 5 nitrogen and oxygen atoms in total. The fourth-order valence-corrected chi connectivity index (χ4v) is 4.30. The first kappa shape index (κ1) is 23.3. The van der Waals surface area contributed by atoms with Gasteiger partial charge >= 0.3 is 14.8 Å². The predicted octanol–water partition coefficient (Wildman–Crippen LogP) is 4.49. The van der Waals surface area contributed by atoms with E-state index in [2.05, 4.69) is 6.58 Å². The Morgan fingerprint density at radius 3 is 1.75 bits per heavy atom. The number of hydrogen-bond acceptors (Lipinski definition) is 5. The summed E-state index contributed by atoms with van der Waals surface area (Å²) in [7, 11) is 2.60. The molecule has 0 saturated heterocycles. The van der Waals surface area contributed by atoms with Crippen LogP contribution in [0.3, 0.4) is 0 Å². The number of rotatable bonds is 16. The number of carbonyl (C=O) groups excluding carboxylic acids is 1. The molecule has 0 aromatic heterocycles. The van der Waals surface area contributed by atoms with E-state index in [1.807, 2.05) is 6.92 Å². The Hall–Kier alpha value is -0.693. The first-order valence-electron chi connectivity index (χ1n) is 8.95. The summed E-state index contributed by atoms with van der Waals surface area (Å²) in [5.74, 6) is -0.111. The standard InChI is InChI=1S/C18H36O5Si/c1-17(2)16-23-18(19)14-12-10-8-6-7-9-11-13-15-24(20-3,21-4)22-5/h1,6-16H2,2-5H3. The smallest absolute Gasteiger partial charge is 0.461 e. The topological polar surface area (TPSA) is 54.0 Å². The average molecular weight is 361 g/mol. The maximum absolute atomic E-state index is 11.4. The highest BCUT2D eigenvalue weighted by Crippen LogP contribution is 2.18. The van der Waals surface area contributed by atoms with Crippen LogP contribution in [0.2, 0.25) is 6.04 Å². The van der Waals surface area contributed by atoms with Gasteiger partial charge in [-0.25, -0.2) is 0 Å². The quantitative estimate of drug-likeness (QED) is 0.176. The lowest BCUT2D eigenvalue weighted by molar-refractivity contribution is -0.142. The molecule has 0 amide bonds. The van der Waals surface area contributed by atoms with Gasteiger partial charge in [-0.3, -0.25) is 4.79 Å². The highest BCUT2D eigenvalue weighted by molar-refractivity contribution is 6.60. The van der Waals surface area contributed by atoms with Gasteiger partial charge in [-0.05, 0) is 25.3 Å². The first-order chi connectivity index (χ1) is 11.5. The van der Waals surface area contributed by atoms with E-state index in [1.54, 1.807) is 21.3 Å². The Bertz CT molecular complexity index is 334. The Kier molecular flexibility index (Phi) is 14.2. The highest BCUT2D eigenvalue weighted by Gasteiger charge is 2.36. The number of unbranched alkanes of at least 4 members (excludes halogenated alkanes) is 7. The van der Waals surface area contributed by atoms with Gasteiger partial charge in [0, 0.05) is 33.8 Å². The fraction of sp³-hybridized carbons (Fsp3) is 0.833. The van der Waals surface area contributed by atoms with E-state index in [-0.39, 0.29) is 5.97 Å². The van der Waals surface area contributed by atoms with E-state index in [0.29, 0.717) is 13.0 Å². The fourth-order valence-electron chi connectivity index (χ4n) is 2.50. The van der Waals surface area contributed by atoms with Gasteiger partial charge in [0.05, 0.1) is 0 Å². The van der Waals surface area contributed by atoms with Crippen molar-refractivity contribution in [2.24, 2.45) is 0 Å². The average Bonchev–Trinajstić information content (AvgIpc) is 2.58. The molecule has 0 bridgehead atoms. The van der Waals surface area contributed by atoms with Crippen molar-refractivity contribution >= 4 is 14.8 Å². The molecule has 6 heteroatoms. The van der Waals surface area contributed by atoms with Crippen LogP contribution < -0.4 is 0 Å². The zero-order chi connectivity index (χ0) is 18.3. The van der Waals surface area contributed by atoms with Crippen LogP contribution in [-0.2, 0) is 22.8 Å². The van der Waals surface area contributed by atoms with Crippen LogP contribution in [-0.4, -0.2) is 42.7 Å². The van der Waals surface area contributed by atoms with Crippen molar-refractivity contribution < 1.29 is 22.8 Å². The van der Waals surface area contributed by atoms with Crippen molar-refractivity contribution in [3.05, 3.63) is 12.2 Å². The molecule has 0 unspecified atom stereocenters. The molecule has 0 aliphatic carbocycles. The van der Waals surface area contributed by atoms with E-state index < -0.39 is 8.80 Å². The van der Waals surface area contributed by atoms with Crippen molar-refractivity contribution in [2.75, 3.05) is 27.9 Å². The van der Waals surface area contributed by atoms with Crippen LogP contribution in [0.5, 0.6) is 0 Å². The molecule has 0 aromatic rings. The number of carbonyl (C=O) groups is 1. The molecule has 0 atom stereocenters. The van der Waals surface area contributed by atoms with Crippen LogP contribution in [0.25, 0.3) is 0 Å². The molecular formula is C18H36O5Si. The maximum atomic E-state index is 11.4.